The van der Waals surface area contributed by atoms with Crippen LogP contribution in [-0.4, -0.2) is 0 Å². The quantitative estimate of drug-likeness (QED) is 0.556. The fourth-order valence-corrected chi connectivity index (χ4v) is 0. The normalized spacial score (nSPS) is 1.00. The van der Waals surface area contributed by atoms with Gasteiger partial charge in [-0.3, -0.25) is 0 Å². The standard InChI is InChI=1S/Cu.O.W.Y. The van der Waals surface area contributed by atoms with Crippen molar-refractivity contribution < 1.29 is 73.0 Å². The summed E-state index contributed by atoms with van der Waals surface area (Å²) in [5.41, 5.74) is 0. The largest absolute Gasteiger partial charge is 0 e. The summed E-state index contributed by atoms with van der Waals surface area (Å²) in [5.74, 6) is 0. The zero-order valence-electron chi connectivity index (χ0n) is 1.70. The molecule has 0 aliphatic heterocycles. The Morgan fingerprint density at radius 2 is 1.25 bits per heavy atom. The van der Waals surface area contributed by atoms with Crippen LogP contribution < -0.4 is 0 Å². The van der Waals surface area contributed by atoms with Crippen LogP contribution in [0.1, 0.15) is 0 Å². The van der Waals surface area contributed by atoms with Crippen molar-refractivity contribution in [3.8, 4) is 0 Å². The third-order valence-electron chi connectivity index (χ3n) is 0. The van der Waals surface area contributed by atoms with E-state index in [0.29, 0.717) is 19.8 Å². The molecular formula is CuOWY. The topological polar surface area (TPSA) is 17.1 Å². The van der Waals surface area contributed by atoms with Crippen molar-refractivity contribution in [2.45, 2.75) is 0 Å². The van der Waals surface area contributed by atoms with Gasteiger partial charge in [-0.15, -0.1) is 0 Å². The second-order valence-electron chi connectivity index (χ2n) is 0. The molecule has 0 spiro atoms. The van der Waals surface area contributed by atoms with Crippen molar-refractivity contribution in [2.24, 2.45) is 0 Å². The van der Waals surface area contributed by atoms with Gasteiger partial charge in [0.1, 0.15) is 0 Å². The summed E-state index contributed by atoms with van der Waals surface area (Å²) in [5, 5.41) is 0. The van der Waals surface area contributed by atoms with Crippen LogP contribution in [-0.2, 0) is 73.0 Å². The molecule has 0 fully saturated rings. The summed E-state index contributed by atoms with van der Waals surface area (Å²) in [6.07, 6.45) is 0. The predicted octanol–water partition coefficient (Wildman–Crippen LogP) is -0.126. The van der Waals surface area contributed by atoms with Crippen LogP contribution in [0.5, 0.6) is 0 Å². The molecule has 4 heavy (non-hydrogen) atoms. The Morgan fingerprint density at radius 3 is 1.25 bits per heavy atom. The average Bonchev–Trinajstić information content (AvgIpc) is 1.00. The van der Waals surface area contributed by atoms with Gasteiger partial charge in [0.05, 0.1) is 0 Å². The Kier molecular flexibility index (Phi) is 79.9. The van der Waals surface area contributed by atoms with Crippen LogP contribution in [0.3, 0.4) is 0 Å². The van der Waals surface area contributed by atoms with Crippen LogP contribution >= 0.6 is 0 Å². The Balaban J connectivity index is -0.00000000500. The molecule has 0 aromatic heterocycles. The Labute approximate surface area is 71.8 Å². The van der Waals surface area contributed by atoms with Crippen molar-refractivity contribution in [1.29, 1.82) is 0 Å². The molecule has 0 heterocycles. The van der Waals surface area contributed by atoms with E-state index in [4.69, 9.17) is 3.40 Å². The molecule has 0 bridgehead atoms. The first-order valence-corrected chi connectivity index (χ1v) is 1.36. The van der Waals surface area contributed by atoms with E-state index in [1.807, 2.05) is 0 Å². The minimum Gasteiger partial charge on any atom is 0 e. The molecule has 0 aliphatic carbocycles. The van der Waals surface area contributed by atoms with Crippen molar-refractivity contribution in [2.75, 3.05) is 0 Å². The van der Waals surface area contributed by atoms with Crippen molar-refractivity contribution >= 4 is 0 Å². The van der Waals surface area contributed by atoms with Crippen molar-refractivity contribution in [3.63, 3.8) is 0 Å². The van der Waals surface area contributed by atoms with E-state index in [-0.39, 0.29) is 49.8 Å². The third-order valence-corrected chi connectivity index (χ3v) is 0. The Morgan fingerprint density at radius 1 is 1.25 bits per heavy atom. The number of hydrogen-bond donors (Lipinski definition) is 0. The predicted molar refractivity (Wildman–Crippen MR) is 0.686 cm³/mol. The first-order valence-electron chi connectivity index (χ1n) is 0.167. The van der Waals surface area contributed by atoms with E-state index in [0.717, 1.165) is 0 Å². The van der Waals surface area contributed by atoms with Crippen LogP contribution in [0, 0.1) is 0 Å². The molecule has 0 aromatic rings. The van der Waals surface area contributed by atoms with Crippen LogP contribution in [0.15, 0.2) is 0 Å². The summed E-state index contributed by atoms with van der Waals surface area (Å²) in [6, 6.07) is 0. The third kappa shape index (κ3) is 8.93. The van der Waals surface area contributed by atoms with Gasteiger partial charge in [-0.05, 0) is 0 Å². The maximum atomic E-state index is 8.33. The zero-order chi connectivity index (χ0) is 2.00. The molecule has 0 aliphatic rings. The summed E-state index contributed by atoms with van der Waals surface area (Å²) >= 11 is 0.333. The van der Waals surface area contributed by atoms with Crippen molar-refractivity contribution in [1.82, 2.24) is 0 Å². The van der Waals surface area contributed by atoms with Gasteiger partial charge in [-0.25, -0.2) is 0 Å². The van der Waals surface area contributed by atoms with Gasteiger partial charge in [-0.1, -0.05) is 0 Å². The molecule has 0 atom stereocenters. The van der Waals surface area contributed by atoms with Gasteiger partial charge >= 0.3 is 23.2 Å². The zero-order valence-corrected chi connectivity index (χ0v) is 8.41. The smallest absolute Gasteiger partial charge is 0 e. The van der Waals surface area contributed by atoms with Crippen LogP contribution in [0.2, 0.25) is 0 Å². The summed E-state index contributed by atoms with van der Waals surface area (Å²) in [6.45, 7) is 0. The summed E-state index contributed by atoms with van der Waals surface area (Å²) < 4.78 is 8.33. The van der Waals surface area contributed by atoms with Crippen molar-refractivity contribution in [3.05, 3.63) is 0 Å². The van der Waals surface area contributed by atoms with Gasteiger partial charge in [0, 0.05) is 49.8 Å². The Hall–Kier alpha value is 2.11. The van der Waals surface area contributed by atoms with Gasteiger partial charge in [-0.2, -0.15) is 0 Å². The molecule has 0 saturated carbocycles. The van der Waals surface area contributed by atoms with Gasteiger partial charge in [0.25, 0.3) is 0 Å². The van der Waals surface area contributed by atoms with Gasteiger partial charge in [0.2, 0.25) is 0 Å². The first-order chi connectivity index (χ1) is 1.00. The van der Waals surface area contributed by atoms with Gasteiger partial charge < -0.3 is 0 Å². The van der Waals surface area contributed by atoms with E-state index in [9.17, 15) is 0 Å². The van der Waals surface area contributed by atoms with E-state index >= 15 is 0 Å². The molecule has 0 amide bonds. The summed E-state index contributed by atoms with van der Waals surface area (Å²) in [4.78, 5) is 0. The van der Waals surface area contributed by atoms with E-state index in [1.165, 1.54) is 0 Å². The Bertz CT molecular complexity index is 8.00. The van der Waals surface area contributed by atoms with Crippen LogP contribution in [0.25, 0.3) is 0 Å². The molecule has 26 valence electrons. The SMILES string of the molecule is [Cu].[O]=[W].[Y]. The molecule has 0 unspecified atom stereocenters. The molecule has 2 radical (unpaired) electrons. The average molecular weight is 352 g/mol. The molecule has 1 nitrogen and oxygen atoms in total. The molecule has 4 heteroatoms. The second kappa shape index (κ2) is 19.4. The second-order valence-corrected chi connectivity index (χ2v) is 0. The minimum atomic E-state index is 0. The van der Waals surface area contributed by atoms with Gasteiger partial charge in [0.15, 0.2) is 0 Å². The molecular weight excluding hydrogens is 352 g/mol. The van der Waals surface area contributed by atoms with E-state index in [2.05, 4.69) is 0 Å². The van der Waals surface area contributed by atoms with E-state index < -0.39 is 0 Å². The molecule has 0 rings (SSSR count). The maximum absolute atomic E-state index is 8.33. The van der Waals surface area contributed by atoms with Crippen LogP contribution in [0.4, 0.5) is 0 Å². The molecule has 0 saturated heterocycles. The molecule has 0 aromatic carbocycles. The number of hydrogen-bond acceptors (Lipinski definition) is 1. The van der Waals surface area contributed by atoms with E-state index in [1.54, 1.807) is 0 Å². The fourth-order valence-electron chi connectivity index (χ4n) is 0. The molecule has 0 N–H and O–H groups in total. The monoisotopic (exact) mass is 352 g/mol. The fraction of sp³-hybridized carbons (Fsp3) is 0. The summed E-state index contributed by atoms with van der Waals surface area (Å²) in [7, 11) is 0. The first kappa shape index (κ1) is 16.5. The number of rotatable bonds is 0. The minimum absolute atomic E-state index is 0. The maximum Gasteiger partial charge on any atom is 0 e.